The number of urea groups is 1. The van der Waals surface area contributed by atoms with Gasteiger partial charge in [0, 0.05) is 44.5 Å². The van der Waals surface area contributed by atoms with Crippen molar-refractivity contribution in [2.45, 2.75) is 37.6 Å². The van der Waals surface area contributed by atoms with Crippen molar-refractivity contribution in [1.82, 2.24) is 5.32 Å². The second-order valence-electron chi connectivity index (χ2n) is 8.57. The first-order valence-electron chi connectivity index (χ1n) is 11.2. The Labute approximate surface area is 211 Å². The second kappa shape index (κ2) is 9.78. The molecule has 34 heavy (non-hydrogen) atoms. The van der Waals surface area contributed by atoms with Crippen LogP contribution in [0.3, 0.4) is 0 Å². The maximum atomic E-state index is 12.1. The topological polar surface area (TPSA) is 85.8 Å². The molecule has 0 saturated heterocycles. The number of hydrogen-bond donors (Lipinski definition) is 4. The zero-order valence-corrected chi connectivity index (χ0v) is 20.6. The number of fused-ring (bicyclic) bond motifs is 1. The van der Waals surface area contributed by atoms with Crippen molar-refractivity contribution in [2.75, 3.05) is 10.6 Å². The molecule has 0 spiro atoms. The molecule has 1 aliphatic carbocycles. The van der Waals surface area contributed by atoms with Crippen molar-refractivity contribution in [2.24, 2.45) is 4.99 Å². The van der Waals surface area contributed by atoms with E-state index in [1.54, 1.807) is 6.07 Å². The minimum Gasteiger partial charge on any atom is -0.372 e. The zero-order chi connectivity index (χ0) is 23.7. The van der Waals surface area contributed by atoms with Gasteiger partial charge in [0.25, 0.3) is 0 Å². The predicted molar refractivity (Wildman–Crippen MR) is 140 cm³/mol. The second-order valence-corrected chi connectivity index (χ2v) is 9.86. The van der Waals surface area contributed by atoms with Gasteiger partial charge in [-0.15, -0.1) is 0 Å². The number of aliphatic imine (C=N–C) groups is 1. The van der Waals surface area contributed by atoms with Crippen LogP contribution < -0.4 is 16.0 Å². The summed E-state index contributed by atoms with van der Waals surface area (Å²) in [6.45, 7) is 0. The summed E-state index contributed by atoms with van der Waals surface area (Å²) in [4.78, 5) is 17.1. The van der Waals surface area contributed by atoms with E-state index >= 15 is 0 Å². The summed E-state index contributed by atoms with van der Waals surface area (Å²) in [7, 11) is 0. The van der Waals surface area contributed by atoms with Crippen LogP contribution in [0, 0.1) is 0 Å². The smallest absolute Gasteiger partial charge is 0.319 e. The van der Waals surface area contributed by atoms with E-state index in [9.17, 15) is 9.90 Å². The van der Waals surface area contributed by atoms with E-state index in [0.29, 0.717) is 23.2 Å². The van der Waals surface area contributed by atoms with Crippen LogP contribution in [0.4, 0.5) is 16.2 Å². The third-order valence-electron chi connectivity index (χ3n) is 5.92. The van der Waals surface area contributed by atoms with Crippen molar-refractivity contribution in [1.29, 1.82) is 0 Å². The number of hydrogen-bond acceptors (Lipinski definition) is 4. The van der Waals surface area contributed by atoms with Gasteiger partial charge in [-0.1, -0.05) is 57.9 Å². The molecule has 2 atom stereocenters. The number of benzene rings is 3. The Balaban J connectivity index is 1.48. The van der Waals surface area contributed by atoms with Crippen LogP contribution >= 0.6 is 27.5 Å². The molecule has 6 nitrogen and oxygen atoms in total. The average molecular weight is 540 g/mol. The van der Waals surface area contributed by atoms with Crippen molar-refractivity contribution in [3.8, 4) is 0 Å². The maximum Gasteiger partial charge on any atom is 0.319 e. The number of nitrogens with zero attached hydrogens (tertiary/aromatic N) is 1. The normalized spacial score (nSPS) is 19.3. The molecule has 174 valence electrons. The van der Waals surface area contributed by atoms with Gasteiger partial charge in [-0.25, -0.2) is 4.79 Å². The van der Waals surface area contributed by atoms with Crippen molar-refractivity contribution in [3.63, 3.8) is 0 Å². The molecule has 2 amide bonds. The zero-order valence-electron chi connectivity index (χ0n) is 18.3. The monoisotopic (exact) mass is 538 g/mol. The lowest BCUT2D eigenvalue weighted by molar-refractivity contribution is 0.173. The maximum absolute atomic E-state index is 12.1. The van der Waals surface area contributed by atoms with Gasteiger partial charge in [0.1, 0.15) is 6.23 Å². The highest BCUT2D eigenvalue weighted by Crippen LogP contribution is 2.30. The summed E-state index contributed by atoms with van der Waals surface area (Å²) in [6, 6.07) is 20.7. The first kappa shape index (κ1) is 22.9. The molecule has 3 aromatic carbocycles. The van der Waals surface area contributed by atoms with Crippen LogP contribution in [0.15, 0.2) is 76.2 Å². The molecule has 0 aromatic heterocycles. The summed E-state index contributed by atoms with van der Waals surface area (Å²) in [6.07, 6.45) is 1.74. The molecule has 0 bridgehead atoms. The van der Waals surface area contributed by atoms with Crippen LogP contribution in [-0.4, -0.2) is 35.2 Å². The van der Waals surface area contributed by atoms with Gasteiger partial charge >= 0.3 is 6.03 Å². The lowest BCUT2D eigenvalue weighted by atomic mass is 10.00. The molecule has 5 rings (SSSR count). The highest BCUT2D eigenvalue weighted by Gasteiger charge is 2.27. The minimum atomic E-state index is -0.878. The van der Waals surface area contributed by atoms with Gasteiger partial charge in [0.05, 0.1) is 11.8 Å². The highest BCUT2D eigenvalue weighted by atomic mass is 79.9. The van der Waals surface area contributed by atoms with Crippen LogP contribution in [0.1, 0.15) is 29.5 Å². The number of carbonyl (C=O) groups excluding carboxylic acids is 1. The Morgan fingerprint density at radius 1 is 1.12 bits per heavy atom. The first-order valence-corrected chi connectivity index (χ1v) is 12.4. The van der Waals surface area contributed by atoms with Crippen molar-refractivity contribution in [3.05, 3.63) is 92.9 Å². The van der Waals surface area contributed by atoms with Gasteiger partial charge in [-0.2, -0.15) is 0 Å². The average Bonchev–Trinajstić information content (AvgIpc) is 3.64. The van der Waals surface area contributed by atoms with Crippen LogP contribution in [0.25, 0.3) is 0 Å². The summed E-state index contributed by atoms with van der Waals surface area (Å²) in [5.41, 5.74) is 4.92. The number of carbonyl (C=O) groups is 1. The number of anilines is 2. The Hall–Kier alpha value is -2.87. The lowest BCUT2D eigenvalue weighted by Crippen LogP contribution is -2.33. The number of amides is 2. The van der Waals surface area contributed by atoms with E-state index in [-0.39, 0.29) is 6.03 Å². The van der Waals surface area contributed by atoms with Crippen LogP contribution in [-0.2, 0) is 6.42 Å². The Morgan fingerprint density at radius 3 is 2.62 bits per heavy atom. The molecular formula is C26H24BrClN4O2. The van der Waals surface area contributed by atoms with E-state index in [0.717, 1.165) is 45.4 Å². The van der Waals surface area contributed by atoms with Gasteiger partial charge in [-0.3, -0.25) is 4.99 Å². The summed E-state index contributed by atoms with van der Waals surface area (Å²) >= 11 is 9.93. The van der Waals surface area contributed by atoms with E-state index in [4.69, 9.17) is 16.6 Å². The number of nitrogens with one attached hydrogen (secondary N) is 3. The number of rotatable bonds is 5. The van der Waals surface area contributed by atoms with Gasteiger partial charge < -0.3 is 21.1 Å². The van der Waals surface area contributed by atoms with E-state index in [1.807, 2.05) is 60.7 Å². The number of aliphatic hydroxyl groups is 1. The molecule has 3 aromatic rings. The van der Waals surface area contributed by atoms with Gasteiger partial charge in [0.15, 0.2) is 0 Å². The molecule has 2 aliphatic rings. The summed E-state index contributed by atoms with van der Waals surface area (Å²) in [5, 5.41) is 20.6. The third kappa shape index (κ3) is 5.27. The van der Waals surface area contributed by atoms with Crippen molar-refractivity contribution < 1.29 is 9.90 Å². The number of benzodiazepines with no additional fused rings is 1. The molecule has 1 aliphatic heterocycles. The fourth-order valence-corrected chi connectivity index (χ4v) is 4.59. The SMILES string of the molecule is O=C(Nc1ccc(C2=NC(Cc3ccccc3Br)C(O)Nc3ccc(Cl)cc32)cc1)NC1CC1. The van der Waals surface area contributed by atoms with Gasteiger partial charge in [-0.05, 0) is 54.8 Å². The molecule has 1 heterocycles. The molecule has 4 N–H and O–H groups in total. The molecule has 2 unspecified atom stereocenters. The Morgan fingerprint density at radius 2 is 1.88 bits per heavy atom. The molecule has 1 fully saturated rings. The minimum absolute atomic E-state index is 0.194. The molecule has 0 radical (unpaired) electrons. The Bertz CT molecular complexity index is 1240. The summed E-state index contributed by atoms with van der Waals surface area (Å²) < 4.78 is 0.976. The quantitative estimate of drug-likeness (QED) is 0.341. The standard InChI is InChI=1S/C26H24BrClN4O2/c27-21-4-2-1-3-16(21)13-23-25(33)32-22-12-7-17(28)14-20(22)24(31-23)15-5-8-18(9-6-15)29-26(34)30-19-10-11-19/h1-9,12,14,19,23,25,32-33H,10-11,13H2,(H2,29,30,34). The fraction of sp³-hybridized carbons (Fsp3) is 0.231. The van der Waals surface area contributed by atoms with E-state index in [2.05, 4.69) is 31.9 Å². The number of halogens is 2. The highest BCUT2D eigenvalue weighted by molar-refractivity contribution is 9.10. The van der Waals surface area contributed by atoms with E-state index < -0.39 is 12.3 Å². The van der Waals surface area contributed by atoms with E-state index in [1.165, 1.54) is 0 Å². The summed E-state index contributed by atoms with van der Waals surface area (Å²) in [5.74, 6) is 0. The van der Waals surface area contributed by atoms with Gasteiger partial charge in [0.2, 0.25) is 0 Å². The molecule has 1 saturated carbocycles. The molecular weight excluding hydrogens is 516 g/mol. The third-order valence-corrected chi connectivity index (χ3v) is 6.92. The lowest BCUT2D eigenvalue weighted by Gasteiger charge is -2.20. The number of aliphatic hydroxyl groups excluding tert-OH is 1. The van der Waals surface area contributed by atoms with Crippen molar-refractivity contribution >= 4 is 50.6 Å². The largest absolute Gasteiger partial charge is 0.372 e. The fourth-order valence-electron chi connectivity index (χ4n) is 3.97. The molecule has 8 heteroatoms. The predicted octanol–water partition coefficient (Wildman–Crippen LogP) is 5.58. The van der Waals surface area contributed by atoms with Crippen LogP contribution in [0.2, 0.25) is 5.02 Å². The Kier molecular flexibility index (Phi) is 6.59. The first-order chi connectivity index (χ1) is 16.5. The van der Waals surface area contributed by atoms with Crippen LogP contribution in [0.5, 0.6) is 0 Å².